The molecule has 0 saturated heterocycles. The van der Waals surface area contributed by atoms with E-state index in [2.05, 4.69) is 15.0 Å². The van der Waals surface area contributed by atoms with E-state index in [4.69, 9.17) is 9.47 Å². The van der Waals surface area contributed by atoms with Gasteiger partial charge in [-0.15, -0.1) is 0 Å². The molecule has 1 aromatic carbocycles. The molecule has 2 heterocycles. The van der Waals surface area contributed by atoms with Crippen molar-refractivity contribution in [3.05, 3.63) is 41.2 Å². The number of nitrogens with one attached hydrogen (secondary N) is 1. The fraction of sp³-hybridized carbons (Fsp3) is 0.294. The first-order valence-corrected chi connectivity index (χ1v) is 8.76. The summed E-state index contributed by atoms with van der Waals surface area (Å²) in [7, 11) is 1.91. The van der Waals surface area contributed by atoms with Crippen LogP contribution in [-0.2, 0) is 16.6 Å². The second kappa shape index (κ2) is 8.49. The number of nitrogens with zero attached hydrogens (tertiary/aromatic N) is 2. The van der Waals surface area contributed by atoms with E-state index in [1.54, 1.807) is 20.4 Å². The number of imidazole rings is 1. The van der Waals surface area contributed by atoms with Gasteiger partial charge in [-0.25, -0.2) is 4.98 Å². The van der Waals surface area contributed by atoms with Crippen molar-refractivity contribution in [1.82, 2.24) is 15.0 Å². The predicted octanol–water partition coefficient (Wildman–Crippen LogP) is 2.74. The summed E-state index contributed by atoms with van der Waals surface area (Å²) in [6.45, 7) is 3.86. The number of methoxy groups -OCH3 is 2. The molecule has 0 radical (unpaired) electrons. The summed E-state index contributed by atoms with van der Waals surface area (Å²) >= 11 is 0. The molecule has 0 aliphatic heterocycles. The minimum absolute atomic E-state index is 0. The van der Waals surface area contributed by atoms with Crippen molar-refractivity contribution in [2.75, 3.05) is 14.2 Å². The summed E-state index contributed by atoms with van der Waals surface area (Å²) in [6, 6.07) is 5.50. The van der Waals surface area contributed by atoms with Gasteiger partial charge in [0.25, 0.3) is 0 Å². The molecule has 1 N–H and O–H groups in total. The summed E-state index contributed by atoms with van der Waals surface area (Å²) in [5.74, 6) is 1.79. The minimum atomic E-state index is -1.33. The van der Waals surface area contributed by atoms with Crippen LogP contribution < -0.4 is 9.47 Å². The van der Waals surface area contributed by atoms with E-state index in [1.165, 1.54) is 0 Å². The molecule has 6 nitrogen and oxygen atoms in total. The van der Waals surface area contributed by atoms with Gasteiger partial charge in [-0.2, -0.15) is 0 Å². The first-order valence-electron chi connectivity index (χ1n) is 7.44. The Labute approximate surface area is 181 Å². The van der Waals surface area contributed by atoms with Crippen LogP contribution in [-0.4, -0.2) is 71.1 Å². The zero-order valence-corrected chi connectivity index (χ0v) is 17.8. The maximum atomic E-state index is 12.7. The minimum Gasteiger partial charge on any atom is -1.00 e. The van der Waals surface area contributed by atoms with Crippen LogP contribution >= 0.6 is 0 Å². The van der Waals surface area contributed by atoms with Crippen LogP contribution in [0, 0.1) is 13.8 Å². The number of pyridine rings is 1. The average molecular weight is 388 g/mol. The van der Waals surface area contributed by atoms with Gasteiger partial charge >= 0.3 is 37.7 Å². The Hall–Kier alpha value is -1.15. The quantitative estimate of drug-likeness (QED) is 0.681. The number of benzene rings is 1. The second-order valence-corrected chi connectivity index (χ2v) is 6.83. The Balaban J connectivity index is 0.00000225. The number of aromatic amines is 1. The van der Waals surface area contributed by atoms with E-state index < -0.39 is 10.8 Å². The first-order chi connectivity index (χ1) is 11.5. The Morgan fingerprint density at radius 3 is 2.68 bits per heavy atom. The van der Waals surface area contributed by atoms with Gasteiger partial charge in [-0.1, -0.05) is 0 Å². The maximum absolute atomic E-state index is 12.7. The topological polar surface area (TPSA) is 77.1 Å². The number of H-pyrrole nitrogens is 1. The Morgan fingerprint density at radius 1 is 1.24 bits per heavy atom. The van der Waals surface area contributed by atoms with Gasteiger partial charge in [-0.05, 0) is 26.0 Å². The van der Waals surface area contributed by atoms with Crippen molar-refractivity contribution in [3.8, 4) is 11.5 Å². The van der Waals surface area contributed by atoms with E-state index in [-0.39, 0.29) is 46.3 Å². The van der Waals surface area contributed by atoms with Crippen molar-refractivity contribution < 1.29 is 16.5 Å². The molecule has 0 bridgehead atoms. The van der Waals surface area contributed by atoms with Gasteiger partial charge in [0.2, 0.25) is 0 Å². The van der Waals surface area contributed by atoms with Crippen molar-refractivity contribution in [2.45, 2.75) is 24.8 Å². The van der Waals surface area contributed by atoms with Crippen molar-refractivity contribution in [3.63, 3.8) is 0 Å². The first kappa shape index (κ1) is 20.2. The number of aryl methyl sites for hydroxylation is 1. The smallest absolute Gasteiger partial charge is 1.00 e. The van der Waals surface area contributed by atoms with Crippen molar-refractivity contribution in [2.24, 2.45) is 0 Å². The van der Waals surface area contributed by atoms with Crippen LogP contribution in [0.15, 0.2) is 29.6 Å². The number of aromatic nitrogens is 3. The van der Waals surface area contributed by atoms with Crippen LogP contribution in [0.4, 0.5) is 0 Å². The van der Waals surface area contributed by atoms with Gasteiger partial charge in [0.15, 0.2) is 5.16 Å². The summed E-state index contributed by atoms with van der Waals surface area (Å²) in [4.78, 5) is 11.9. The van der Waals surface area contributed by atoms with E-state index in [0.29, 0.717) is 5.16 Å². The summed E-state index contributed by atoms with van der Waals surface area (Å²) in [5, 5.41) is 0.430. The number of hydrogen-bond acceptors (Lipinski definition) is 5. The number of rotatable bonds is 5. The molecule has 3 aromatic rings. The summed E-state index contributed by atoms with van der Waals surface area (Å²) < 4.78 is 23.3. The number of hydrogen-bond donors (Lipinski definition) is 1. The molecule has 130 valence electrons. The van der Waals surface area contributed by atoms with E-state index >= 15 is 0 Å². The van der Waals surface area contributed by atoms with Crippen molar-refractivity contribution in [1.29, 1.82) is 0 Å². The van der Waals surface area contributed by atoms with Gasteiger partial charge in [-0.3, -0.25) is 9.19 Å². The Kier molecular flexibility index (Phi) is 6.85. The van der Waals surface area contributed by atoms with Gasteiger partial charge in [0, 0.05) is 23.4 Å². The molecule has 0 amide bonds. The largest absolute Gasteiger partial charge is 2.00 e. The molecule has 0 aliphatic rings. The van der Waals surface area contributed by atoms with E-state index in [9.17, 15) is 4.21 Å². The fourth-order valence-electron chi connectivity index (χ4n) is 2.61. The molecule has 25 heavy (non-hydrogen) atoms. The zero-order chi connectivity index (χ0) is 17.3. The predicted molar refractivity (Wildman–Crippen MR) is 101 cm³/mol. The van der Waals surface area contributed by atoms with Crippen molar-refractivity contribution >= 4 is 59.6 Å². The SMILES string of the molecule is COc1ccc2nc([S@](=O)Cc3ncc(C)c(OC)c3C)[nH]c2c1.[Ca+2].[H-].[H-]. The van der Waals surface area contributed by atoms with Crippen LogP contribution in [0.1, 0.15) is 19.7 Å². The summed E-state index contributed by atoms with van der Waals surface area (Å²) in [5.41, 5.74) is 4.16. The molecule has 8 heteroatoms. The molecule has 0 unspecified atom stereocenters. The van der Waals surface area contributed by atoms with Gasteiger partial charge in [0.05, 0.1) is 47.5 Å². The molecular weight excluding hydrogens is 366 g/mol. The maximum Gasteiger partial charge on any atom is 2.00 e. The van der Waals surface area contributed by atoms with E-state index in [1.807, 2.05) is 32.0 Å². The van der Waals surface area contributed by atoms with Gasteiger partial charge in [0.1, 0.15) is 11.5 Å². The van der Waals surface area contributed by atoms with Crippen LogP contribution in [0.5, 0.6) is 11.5 Å². The van der Waals surface area contributed by atoms with Crippen LogP contribution in [0.25, 0.3) is 11.0 Å². The normalized spacial score (nSPS) is 11.8. The van der Waals surface area contributed by atoms with E-state index in [0.717, 1.165) is 39.4 Å². The third-order valence-corrected chi connectivity index (χ3v) is 5.06. The molecule has 1 atom stereocenters. The number of fused-ring (bicyclic) bond motifs is 1. The Bertz CT molecular complexity index is 937. The zero-order valence-electron chi connectivity index (χ0n) is 16.8. The molecule has 2 aromatic heterocycles. The van der Waals surface area contributed by atoms with Gasteiger partial charge < -0.3 is 17.3 Å². The fourth-order valence-corrected chi connectivity index (χ4v) is 3.71. The Morgan fingerprint density at radius 2 is 2.00 bits per heavy atom. The van der Waals surface area contributed by atoms with Crippen LogP contribution in [0.3, 0.4) is 0 Å². The standard InChI is InChI=1S/C17H19N3O3S.Ca.2H/c1-10-8-18-15(11(2)16(10)23-4)9-24(21)17-19-13-6-5-12(22-3)7-14(13)20-17;;;/h5-8H,9H2,1-4H3,(H,19,20);;;/q;+2;2*-1/t24-;;;/m1.../s1. The average Bonchev–Trinajstić information content (AvgIpc) is 3.01. The third-order valence-electron chi connectivity index (χ3n) is 3.90. The monoisotopic (exact) mass is 387 g/mol. The molecule has 0 fully saturated rings. The number of ether oxygens (including phenoxy) is 2. The summed E-state index contributed by atoms with van der Waals surface area (Å²) in [6.07, 6.45) is 1.74. The third kappa shape index (κ3) is 4.16. The molecular formula is C17H21CaN3O3S. The molecule has 0 spiro atoms. The van der Waals surface area contributed by atoms with Crippen LogP contribution in [0.2, 0.25) is 0 Å². The molecule has 0 saturated carbocycles. The molecule has 0 aliphatic carbocycles. The molecule has 3 rings (SSSR count). The second-order valence-electron chi connectivity index (χ2n) is 5.46.